The third kappa shape index (κ3) is 4.16. The van der Waals surface area contributed by atoms with Gasteiger partial charge in [0.1, 0.15) is 0 Å². The molecule has 2 nitrogen and oxygen atoms in total. The Morgan fingerprint density at radius 1 is 0.788 bits per heavy atom. The fourth-order valence-corrected chi connectivity index (χ4v) is 4.39. The molecule has 5 rings (SSSR count). The van der Waals surface area contributed by atoms with Crippen LogP contribution < -0.4 is 0 Å². The summed E-state index contributed by atoms with van der Waals surface area (Å²) in [6, 6.07) is 36.1. The van der Waals surface area contributed by atoms with Crippen LogP contribution in [0.4, 0.5) is 0 Å². The van der Waals surface area contributed by atoms with Crippen molar-refractivity contribution in [2.24, 2.45) is 4.99 Å². The van der Waals surface area contributed by atoms with Gasteiger partial charge in [-0.05, 0) is 49.9 Å². The quantitative estimate of drug-likeness (QED) is 0.194. The number of fused-ring (bicyclic) bond motifs is 3. The number of aromatic nitrogens is 1. The molecule has 0 amide bonds. The lowest BCUT2D eigenvalue weighted by Crippen LogP contribution is -1.97. The molecular formula is C31H26N2. The van der Waals surface area contributed by atoms with Crippen LogP contribution in [0.2, 0.25) is 0 Å². The van der Waals surface area contributed by atoms with E-state index in [0.29, 0.717) is 0 Å². The first kappa shape index (κ1) is 20.7. The van der Waals surface area contributed by atoms with Gasteiger partial charge in [-0.15, -0.1) is 0 Å². The summed E-state index contributed by atoms with van der Waals surface area (Å²) in [7, 11) is 0. The van der Waals surface area contributed by atoms with Crippen molar-refractivity contribution in [2.45, 2.75) is 13.3 Å². The molecule has 0 aliphatic rings. The third-order valence-corrected chi connectivity index (χ3v) is 6.00. The average Bonchev–Trinajstić information content (AvgIpc) is 3.19. The molecule has 0 spiro atoms. The van der Waals surface area contributed by atoms with Crippen LogP contribution in [-0.2, 0) is 6.42 Å². The van der Waals surface area contributed by atoms with Crippen molar-refractivity contribution < 1.29 is 0 Å². The van der Waals surface area contributed by atoms with Gasteiger partial charge in [-0.1, -0.05) is 96.6 Å². The van der Waals surface area contributed by atoms with Gasteiger partial charge in [-0.2, -0.15) is 0 Å². The number of benzene rings is 4. The van der Waals surface area contributed by atoms with Crippen LogP contribution in [0.5, 0.6) is 0 Å². The Hall–Kier alpha value is -4.17. The summed E-state index contributed by atoms with van der Waals surface area (Å²) in [6.45, 7) is 6.02. The topological polar surface area (TPSA) is 17.3 Å². The standard InChI is InChI=1S/C31H26N2/c1-23-17-20-31-28(21-23)27-15-9-10-16-30(27)33(31)26(19-18-24-11-5-3-6-12-24)22-29(32-2)25-13-7-4-8-14-25/h3-17,19-22H,2,18H2,1H3/b26-19+,29-22-. The van der Waals surface area contributed by atoms with Gasteiger partial charge in [-0.25, -0.2) is 0 Å². The predicted molar refractivity (Wildman–Crippen MR) is 143 cm³/mol. The van der Waals surface area contributed by atoms with E-state index in [4.69, 9.17) is 0 Å². The van der Waals surface area contributed by atoms with Crippen LogP contribution in [0.15, 0.2) is 120 Å². The van der Waals surface area contributed by atoms with Crippen LogP contribution >= 0.6 is 0 Å². The van der Waals surface area contributed by atoms with Crippen LogP contribution in [0.3, 0.4) is 0 Å². The minimum absolute atomic E-state index is 0.825. The fraction of sp³-hybridized carbons (Fsp3) is 0.0645. The normalized spacial score (nSPS) is 12.4. The minimum Gasteiger partial charge on any atom is -0.309 e. The zero-order chi connectivity index (χ0) is 22.6. The van der Waals surface area contributed by atoms with Crippen LogP contribution in [0.25, 0.3) is 33.2 Å². The van der Waals surface area contributed by atoms with Gasteiger partial charge in [0.15, 0.2) is 0 Å². The lowest BCUT2D eigenvalue weighted by molar-refractivity contribution is 1.19. The molecule has 0 bridgehead atoms. The van der Waals surface area contributed by atoms with Gasteiger partial charge in [0.05, 0.1) is 16.7 Å². The Balaban J connectivity index is 1.76. The van der Waals surface area contributed by atoms with E-state index in [-0.39, 0.29) is 0 Å². The lowest BCUT2D eigenvalue weighted by atomic mass is 10.1. The highest BCUT2D eigenvalue weighted by molar-refractivity contribution is 6.10. The molecule has 33 heavy (non-hydrogen) atoms. The summed E-state index contributed by atoms with van der Waals surface area (Å²) in [5.74, 6) is 0. The third-order valence-electron chi connectivity index (χ3n) is 6.00. The van der Waals surface area contributed by atoms with Crippen molar-refractivity contribution in [1.82, 2.24) is 4.57 Å². The average molecular weight is 427 g/mol. The second-order valence-corrected chi connectivity index (χ2v) is 8.25. The number of hydrogen-bond donors (Lipinski definition) is 0. The van der Waals surface area contributed by atoms with E-state index in [1.807, 2.05) is 18.2 Å². The monoisotopic (exact) mass is 426 g/mol. The molecule has 1 heterocycles. The smallest absolute Gasteiger partial charge is 0.0715 e. The number of aliphatic imine (C=N–C) groups is 1. The maximum atomic E-state index is 4.39. The first-order chi connectivity index (χ1) is 16.2. The zero-order valence-electron chi connectivity index (χ0n) is 18.8. The number of para-hydroxylation sites is 1. The van der Waals surface area contributed by atoms with Crippen LogP contribution in [0.1, 0.15) is 16.7 Å². The summed E-state index contributed by atoms with van der Waals surface area (Å²) < 4.78 is 2.35. The molecule has 4 aromatic carbocycles. The van der Waals surface area contributed by atoms with Gasteiger partial charge in [-0.3, -0.25) is 4.99 Å². The number of allylic oxidation sites excluding steroid dienone is 3. The van der Waals surface area contributed by atoms with Crippen molar-refractivity contribution in [3.8, 4) is 0 Å². The second-order valence-electron chi connectivity index (χ2n) is 8.25. The number of rotatable bonds is 6. The molecule has 160 valence electrons. The number of hydrogen-bond acceptors (Lipinski definition) is 1. The van der Waals surface area contributed by atoms with Gasteiger partial charge in [0, 0.05) is 22.0 Å². The zero-order valence-corrected chi connectivity index (χ0v) is 18.8. The lowest BCUT2D eigenvalue weighted by Gasteiger charge is -2.12. The molecule has 2 heteroatoms. The maximum absolute atomic E-state index is 4.39. The Morgan fingerprint density at radius 3 is 2.21 bits per heavy atom. The van der Waals surface area contributed by atoms with Crippen molar-refractivity contribution in [2.75, 3.05) is 0 Å². The molecule has 0 aliphatic carbocycles. The van der Waals surface area contributed by atoms with E-state index < -0.39 is 0 Å². The Kier molecular flexibility index (Phi) is 5.73. The summed E-state index contributed by atoms with van der Waals surface area (Å²) in [5.41, 5.74) is 7.89. The molecule has 1 aromatic heterocycles. The van der Waals surface area contributed by atoms with Crippen molar-refractivity contribution in [1.29, 1.82) is 0 Å². The molecule has 0 radical (unpaired) electrons. The number of nitrogens with zero attached hydrogens (tertiary/aromatic N) is 2. The number of aryl methyl sites for hydroxylation is 1. The summed E-state index contributed by atoms with van der Waals surface area (Å²) in [5, 5.41) is 2.51. The Morgan fingerprint density at radius 2 is 1.45 bits per heavy atom. The Bertz CT molecular complexity index is 1490. The minimum atomic E-state index is 0.825. The molecule has 5 aromatic rings. The van der Waals surface area contributed by atoms with Gasteiger partial charge >= 0.3 is 0 Å². The summed E-state index contributed by atoms with van der Waals surface area (Å²) in [4.78, 5) is 4.39. The largest absolute Gasteiger partial charge is 0.309 e. The van der Waals surface area contributed by atoms with Crippen molar-refractivity contribution >= 4 is 39.9 Å². The fourth-order valence-electron chi connectivity index (χ4n) is 4.39. The molecule has 0 aliphatic heterocycles. The van der Waals surface area contributed by atoms with E-state index in [2.05, 4.69) is 120 Å². The molecule has 0 N–H and O–H groups in total. The summed E-state index contributed by atoms with van der Waals surface area (Å²) in [6.07, 6.45) is 5.26. The van der Waals surface area contributed by atoms with E-state index in [0.717, 1.165) is 23.4 Å². The molecule has 0 saturated carbocycles. The molecular weight excluding hydrogens is 400 g/mol. The first-order valence-corrected chi connectivity index (χ1v) is 11.2. The SMILES string of the molecule is C=N/C(=C\C(=C/Cc1ccccc1)n1c2ccccc2c2cc(C)ccc21)c1ccccc1. The molecule has 0 atom stereocenters. The predicted octanol–water partition coefficient (Wildman–Crippen LogP) is 7.93. The molecule has 0 fully saturated rings. The van der Waals surface area contributed by atoms with Crippen molar-refractivity contribution in [3.63, 3.8) is 0 Å². The van der Waals surface area contributed by atoms with Gasteiger partial charge in [0.2, 0.25) is 0 Å². The van der Waals surface area contributed by atoms with E-state index in [1.54, 1.807) is 0 Å². The Labute approximate surface area is 194 Å². The molecule has 0 unspecified atom stereocenters. The highest BCUT2D eigenvalue weighted by atomic mass is 15.0. The van der Waals surface area contributed by atoms with E-state index >= 15 is 0 Å². The van der Waals surface area contributed by atoms with Crippen LogP contribution in [0, 0.1) is 6.92 Å². The summed E-state index contributed by atoms with van der Waals surface area (Å²) >= 11 is 0. The van der Waals surface area contributed by atoms with Crippen LogP contribution in [-0.4, -0.2) is 11.3 Å². The van der Waals surface area contributed by atoms with Gasteiger partial charge < -0.3 is 4.57 Å². The van der Waals surface area contributed by atoms with Gasteiger partial charge in [0.25, 0.3) is 0 Å². The van der Waals surface area contributed by atoms with E-state index in [1.165, 1.54) is 32.9 Å². The first-order valence-electron chi connectivity index (χ1n) is 11.2. The highest BCUT2D eigenvalue weighted by Gasteiger charge is 2.13. The highest BCUT2D eigenvalue weighted by Crippen LogP contribution is 2.34. The maximum Gasteiger partial charge on any atom is 0.0715 e. The molecule has 0 saturated heterocycles. The van der Waals surface area contributed by atoms with E-state index in [9.17, 15) is 0 Å². The second kappa shape index (κ2) is 9.13. The van der Waals surface area contributed by atoms with Crippen molar-refractivity contribution in [3.05, 3.63) is 132 Å².